The maximum atomic E-state index is 11.6. The first kappa shape index (κ1) is 16.3. The van der Waals surface area contributed by atoms with Crippen LogP contribution in [0, 0.1) is 10.1 Å². The lowest BCUT2D eigenvalue weighted by atomic mass is 10.3. The molecule has 1 aromatic carbocycles. The van der Waals surface area contributed by atoms with Crippen molar-refractivity contribution >= 4 is 43.0 Å². The largest absolute Gasteiger partial charge is 0.324 e. The van der Waals surface area contributed by atoms with Crippen molar-refractivity contribution in [3.8, 4) is 0 Å². The number of halogens is 1. The topological polar surface area (TPSA) is 106 Å². The van der Waals surface area contributed by atoms with E-state index in [0.29, 0.717) is 4.47 Å². The van der Waals surface area contributed by atoms with Gasteiger partial charge in [0.05, 0.1) is 16.4 Å². The molecule has 0 radical (unpaired) electrons. The minimum absolute atomic E-state index is 0.137. The zero-order chi connectivity index (χ0) is 15.3. The van der Waals surface area contributed by atoms with E-state index in [0.717, 1.165) is 6.07 Å². The van der Waals surface area contributed by atoms with Crippen molar-refractivity contribution in [3.05, 3.63) is 45.4 Å². The summed E-state index contributed by atoms with van der Waals surface area (Å²) in [5.74, 6) is -1.79. The molecule has 0 spiro atoms. The lowest BCUT2D eigenvalue weighted by Crippen LogP contribution is -2.24. The second kappa shape index (κ2) is 6.62. The molecule has 0 unspecified atom stereocenters. The maximum absolute atomic E-state index is 11.6. The van der Waals surface area contributed by atoms with Gasteiger partial charge in [-0.2, -0.15) is 0 Å². The van der Waals surface area contributed by atoms with Crippen molar-refractivity contribution in [1.29, 1.82) is 0 Å². The molecule has 0 aromatic heterocycles. The first-order valence-electron chi connectivity index (χ1n) is 5.30. The van der Waals surface area contributed by atoms with E-state index in [1.807, 2.05) is 0 Å². The van der Waals surface area contributed by atoms with E-state index in [1.165, 1.54) is 18.2 Å². The number of nitro benzene ring substituents is 1. The number of hydrogen-bond donors (Lipinski definition) is 1. The fraction of sp³-hybridized carbons (Fsp3) is 0.182. The SMILES string of the molecule is C=CCS(=O)(=O)CC(=O)Nc1cc([N+](=O)[O-])ccc1Br. The molecule has 0 aliphatic carbocycles. The number of hydrogen-bond acceptors (Lipinski definition) is 5. The number of sulfone groups is 1. The van der Waals surface area contributed by atoms with Crippen LogP contribution >= 0.6 is 15.9 Å². The van der Waals surface area contributed by atoms with Crippen LogP contribution in [0.25, 0.3) is 0 Å². The zero-order valence-corrected chi connectivity index (χ0v) is 12.6. The molecule has 0 heterocycles. The fourth-order valence-electron chi connectivity index (χ4n) is 1.35. The highest BCUT2D eigenvalue weighted by molar-refractivity contribution is 9.10. The van der Waals surface area contributed by atoms with Crippen molar-refractivity contribution in [2.45, 2.75) is 0 Å². The number of nitrogens with zero attached hydrogens (tertiary/aromatic N) is 1. The van der Waals surface area contributed by atoms with Crippen LogP contribution in [0.3, 0.4) is 0 Å². The highest BCUT2D eigenvalue weighted by atomic mass is 79.9. The Kier molecular flexibility index (Phi) is 5.40. The van der Waals surface area contributed by atoms with Gasteiger partial charge in [-0.25, -0.2) is 8.42 Å². The van der Waals surface area contributed by atoms with E-state index in [-0.39, 0.29) is 17.1 Å². The van der Waals surface area contributed by atoms with Gasteiger partial charge < -0.3 is 5.32 Å². The number of nitrogens with one attached hydrogen (secondary N) is 1. The smallest absolute Gasteiger partial charge is 0.271 e. The molecule has 1 rings (SSSR count). The minimum Gasteiger partial charge on any atom is -0.324 e. The third-order valence-electron chi connectivity index (χ3n) is 2.16. The number of non-ortho nitro benzene ring substituents is 1. The summed E-state index contributed by atoms with van der Waals surface area (Å²) in [5.41, 5.74) is -0.0737. The predicted molar refractivity (Wildman–Crippen MR) is 78.3 cm³/mol. The van der Waals surface area contributed by atoms with Crippen molar-refractivity contribution in [2.24, 2.45) is 0 Å². The molecule has 0 atom stereocenters. The van der Waals surface area contributed by atoms with Crippen molar-refractivity contribution in [2.75, 3.05) is 16.8 Å². The number of anilines is 1. The molecule has 0 fully saturated rings. The van der Waals surface area contributed by atoms with Crippen LogP contribution in [0.5, 0.6) is 0 Å². The number of carbonyl (C=O) groups excluding carboxylic acids is 1. The molecule has 0 aliphatic heterocycles. The zero-order valence-electron chi connectivity index (χ0n) is 10.2. The van der Waals surface area contributed by atoms with Crippen LogP contribution in [0.2, 0.25) is 0 Å². The molecule has 1 aromatic rings. The van der Waals surface area contributed by atoms with E-state index < -0.39 is 26.4 Å². The molecule has 1 N–H and O–H groups in total. The van der Waals surface area contributed by atoms with E-state index in [1.54, 1.807) is 0 Å². The van der Waals surface area contributed by atoms with E-state index in [2.05, 4.69) is 27.8 Å². The van der Waals surface area contributed by atoms with Gasteiger partial charge in [0.25, 0.3) is 5.69 Å². The van der Waals surface area contributed by atoms with Gasteiger partial charge in [0.1, 0.15) is 5.75 Å². The summed E-state index contributed by atoms with van der Waals surface area (Å²) >= 11 is 3.12. The average molecular weight is 363 g/mol. The maximum Gasteiger partial charge on any atom is 0.271 e. The highest BCUT2D eigenvalue weighted by Gasteiger charge is 2.17. The van der Waals surface area contributed by atoms with Crippen LogP contribution in [0.15, 0.2) is 35.3 Å². The summed E-state index contributed by atoms with van der Waals surface area (Å²) in [6, 6.07) is 3.79. The monoisotopic (exact) mass is 362 g/mol. The van der Waals surface area contributed by atoms with Crippen LogP contribution in [-0.2, 0) is 14.6 Å². The average Bonchev–Trinajstić information content (AvgIpc) is 2.30. The van der Waals surface area contributed by atoms with Crippen LogP contribution in [0.1, 0.15) is 0 Å². The summed E-state index contributed by atoms with van der Waals surface area (Å²) in [7, 11) is -3.57. The highest BCUT2D eigenvalue weighted by Crippen LogP contribution is 2.27. The van der Waals surface area contributed by atoms with Crippen molar-refractivity contribution in [3.63, 3.8) is 0 Å². The Bertz CT molecular complexity index is 657. The first-order valence-corrected chi connectivity index (χ1v) is 7.91. The van der Waals surface area contributed by atoms with Gasteiger partial charge in [-0.05, 0) is 22.0 Å². The van der Waals surface area contributed by atoms with Gasteiger partial charge >= 0.3 is 0 Å². The minimum atomic E-state index is -3.57. The third-order valence-corrected chi connectivity index (χ3v) is 4.29. The lowest BCUT2D eigenvalue weighted by molar-refractivity contribution is -0.384. The second-order valence-corrected chi connectivity index (χ2v) is 6.78. The van der Waals surface area contributed by atoms with Gasteiger partial charge in [-0.3, -0.25) is 14.9 Å². The van der Waals surface area contributed by atoms with Gasteiger partial charge in [0.15, 0.2) is 9.84 Å². The molecule has 0 saturated heterocycles. The van der Waals surface area contributed by atoms with Gasteiger partial charge in [0, 0.05) is 16.6 Å². The third kappa shape index (κ3) is 4.74. The van der Waals surface area contributed by atoms with E-state index in [4.69, 9.17) is 0 Å². The Balaban J connectivity index is 2.88. The van der Waals surface area contributed by atoms with Crippen LogP contribution < -0.4 is 5.32 Å². The van der Waals surface area contributed by atoms with Gasteiger partial charge in [-0.1, -0.05) is 6.08 Å². The van der Waals surface area contributed by atoms with Gasteiger partial charge in [-0.15, -0.1) is 6.58 Å². The molecule has 20 heavy (non-hydrogen) atoms. The summed E-state index contributed by atoms with van der Waals surface area (Å²) < 4.78 is 23.3. The number of carbonyl (C=O) groups is 1. The molecule has 1 amide bonds. The Morgan fingerprint density at radius 2 is 2.15 bits per heavy atom. The number of nitro groups is 1. The molecular weight excluding hydrogens is 352 g/mol. The van der Waals surface area contributed by atoms with E-state index in [9.17, 15) is 23.3 Å². The standard InChI is InChI=1S/C11H11BrN2O5S/c1-2-5-20(18,19)7-11(15)13-10-6-8(14(16)17)3-4-9(10)12/h2-4,6H,1,5,7H2,(H,13,15). The molecular formula is C11H11BrN2O5S. The first-order chi connectivity index (χ1) is 9.25. The number of benzene rings is 1. The van der Waals surface area contributed by atoms with Crippen molar-refractivity contribution in [1.82, 2.24) is 0 Å². The van der Waals surface area contributed by atoms with Crippen LogP contribution in [-0.4, -0.2) is 30.8 Å². The molecule has 108 valence electrons. The van der Waals surface area contributed by atoms with Crippen LogP contribution in [0.4, 0.5) is 11.4 Å². The number of amides is 1. The molecule has 9 heteroatoms. The normalized spacial score (nSPS) is 10.8. The Morgan fingerprint density at radius 1 is 1.50 bits per heavy atom. The lowest BCUT2D eigenvalue weighted by Gasteiger charge is -2.07. The summed E-state index contributed by atoms with van der Waals surface area (Å²) in [6.45, 7) is 3.29. The number of rotatable bonds is 6. The van der Waals surface area contributed by atoms with Gasteiger partial charge in [0.2, 0.25) is 5.91 Å². The van der Waals surface area contributed by atoms with E-state index >= 15 is 0 Å². The Labute approximate surface area is 123 Å². The fourth-order valence-corrected chi connectivity index (χ4v) is 2.64. The summed E-state index contributed by atoms with van der Waals surface area (Å²) in [4.78, 5) is 21.6. The Morgan fingerprint density at radius 3 is 2.70 bits per heavy atom. The summed E-state index contributed by atoms with van der Waals surface area (Å²) in [5, 5.41) is 13.0. The second-order valence-electron chi connectivity index (χ2n) is 3.81. The molecule has 0 aliphatic rings. The molecule has 0 saturated carbocycles. The Hall–Kier alpha value is -1.74. The molecule has 7 nitrogen and oxygen atoms in total. The quantitative estimate of drug-likeness (QED) is 0.472. The summed E-state index contributed by atoms with van der Waals surface area (Å²) in [6.07, 6.45) is 1.19. The molecule has 0 bridgehead atoms. The van der Waals surface area contributed by atoms with Crippen molar-refractivity contribution < 1.29 is 18.1 Å². The predicted octanol–water partition coefficient (Wildman–Crippen LogP) is 1.90.